The standard InChI is InChI=1S/C22H24ClN3O6/c1-22(2,3)32-21(31)26-17(9-10-18(27)28)20(30)25-15-8-7-13(23)12-14(15)19(29)16-6-4-5-11-24-16/h4-8,11-12,17H,9-10H2,1-3H3,(H,25,30)(H,26,31)(H,27,28). The maximum absolute atomic E-state index is 12.9. The molecule has 170 valence electrons. The maximum Gasteiger partial charge on any atom is 0.408 e. The number of hydrogen-bond acceptors (Lipinski definition) is 6. The fourth-order valence-electron chi connectivity index (χ4n) is 2.65. The van der Waals surface area contributed by atoms with Gasteiger partial charge in [-0.2, -0.15) is 0 Å². The zero-order chi connectivity index (χ0) is 23.9. The van der Waals surface area contributed by atoms with Crippen LogP contribution in [-0.4, -0.2) is 45.5 Å². The lowest BCUT2D eigenvalue weighted by Gasteiger charge is -2.23. The molecule has 0 bridgehead atoms. The van der Waals surface area contributed by atoms with Gasteiger partial charge in [0.15, 0.2) is 0 Å². The highest BCUT2D eigenvalue weighted by molar-refractivity contribution is 6.31. The molecule has 10 heteroatoms. The van der Waals surface area contributed by atoms with Gasteiger partial charge < -0.3 is 20.5 Å². The summed E-state index contributed by atoms with van der Waals surface area (Å²) in [5.74, 6) is -2.31. The Bertz CT molecular complexity index is 1000. The topological polar surface area (TPSA) is 135 Å². The molecule has 1 unspecified atom stereocenters. The number of pyridine rings is 1. The summed E-state index contributed by atoms with van der Waals surface area (Å²) < 4.78 is 5.15. The van der Waals surface area contributed by atoms with Gasteiger partial charge in [0, 0.05) is 23.2 Å². The highest BCUT2D eigenvalue weighted by atomic mass is 35.5. The van der Waals surface area contributed by atoms with Gasteiger partial charge in [0.2, 0.25) is 11.7 Å². The van der Waals surface area contributed by atoms with Crippen LogP contribution in [0.2, 0.25) is 5.02 Å². The number of aromatic nitrogens is 1. The number of hydrogen-bond donors (Lipinski definition) is 3. The summed E-state index contributed by atoms with van der Waals surface area (Å²) in [6, 6.07) is 7.94. The number of anilines is 1. The zero-order valence-corrected chi connectivity index (χ0v) is 18.6. The number of amides is 2. The van der Waals surface area contributed by atoms with Gasteiger partial charge in [-0.1, -0.05) is 17.7 Å². The maximum atomic E-state index is 12.9. The summed E-state index contributed by atoms with van der Waals surface area (Å²) in [4.78, 5) is 52.9. The molecule has 2 aromatic rings. The van der Waals surface area contributed by atoms with E-state index in [1.54, 1.807) is 32.9 Å². The molecule has 3 N–H and O–H groups in total. The van der Waals surface area contributed by atoms with Crippen molar-refractivity contribution in [3.05, 3.63) is 58.9 Å². The number of halogens is 1. The average molecular weight is 462 g/mol. The fourth-order valence-corrected chi connectivity index (χ4v) is 2.83. The van der Waals surface area contributed by atoms with E-state index in [1.165, 1.54) is 30.5 Å². The molecule has 1 aromatic heterocycles. The van der Waals surface area contributed by atoms with Crippen LogP contribution in [0.25, 0.3) is 0 Å². The third kappa shape index (κ3) is 7.66. The smallest absolute Gasteiger partial charge is 0.408 e. The third-order valence-electron chi connectivity index (χ3n) is 4.04. The van der Waals surface area contributed by atoms with Crippen molar-refractivity contribution in [2.45, 2.75) is 45.3 Å². The molecule has 0 saturated heterocycles. The second-order valence-electron chi connectivity index (χ2n) is 7.85. The summed E-state index contributed by atoms with van der Waals surface area (Å²) in [5.41, 5.74) is -0.421. The van der Waals surface area contributed by atoms with Crippen LogP contribution in [-0.2, 0) is 14.3 Å². The van der Waals surface area contributed by atoms with Crippen LogP contribution in [0.5, 0.6) is 0 Å². The number of ketones is 1. The van der Waals surface area contributed by atoms with E-state index in [0.717, 1.165) is 0 Å². The Hall–Kier alpha value is -3.46. The van der Waals surface area contributed by atoms with E-state index in [-0.39, 0.29) is 34.8 Å². The first-order valence-electron chi connectivity index (χ1n) is 9.74. The Balaban J connectivity index is 2.27. The SMILES string of the molecule is CC(C)(C)OC(=O)NC(CCC(=O)O)C(=O)Nc1ccc(Cl)cc1C(=O)c1ccccn1. The molecular formula is C22H24ClN3O6. The normalized spacial score (nSPS) is 11.9. The van der Waals surface area contributed by atoms with Gasteiger partial charge in [-0.25, -0.2) is 4.79 Å². The zero-order valence-electron chi connectivity index (χ0n) is 17.8. The number of alkyl carbamates (subject to hydrolysis) is 1. The van der Waals surface area contributed by atoms with Crippen LogP contribution in [0, 0.1) is 0 Å². The van der Waals surface area contributed by atoms with E-state index in [0.29, 0.717) is 0 Å². The molecule has 0 aliphatic rings. The number of benzene rings is 1. The van der Waals surface area contributed by atoms with Gasteiger partial charge in [0.1, 0.15) is 17.3 Å². The minimum Gasteiger partial charge on any atom is -0.481 e. The Kier molecular flexibility index (Phi) is 8.31. The van der Waals surface area contributed by atoms with Crippen molar-refractivity contribution in [2.24, 2.45) is 0 Å². The average Bonchev–Trinajstić information content (AvgIpc) is 2.71. The molecule has 0 spiro atoms. The molecule has 0 aliphatic carbocycles. The molecule has 1 atom stereocenters. The van der Waals surface area contributed by atoms with Crippen molar-refractivity contribution in [3.8, 4) is 0 Å². The highest BCUT2D eigenvalue weighted by Gasteiger charge is 2.26. The van der Waals surface area contributed by atoms with Crippen molar-refractivity contribution in [1.82, 2.24) is 10.3 Å². The fraction of sp³-hybridized carbons (Fsp3) is 0.318. The van der Waals surface area contributed by atoms with Gasteiger partial charge in [0.05, 0.1) is 5.69 Å². The lowest BCUT2D eigenvalue weighted by molar-refractivity contribution is -0.137. The number of carbonyl (C=O) groups is 4. The predicted octanol–water partition coefficient (Wildman–Crippen LogP) is 3.66. The molecule has 0 radical (unpaired) electrons. The largest absolute Gasteiger partial charge is 0.481 e. The lowest BCUT2D eigenvalue weighted by Crippen LogP contribution is -2.46. The molecule has 1 aromatic carbocycles. The van der Waals surface area contributed by atoms with E-state index in [9.17, 15) is 19.2 Å². The van der Waals surface area contributed by atoms with Gasteiger partial charge in [-0.3, -0.25) is 19.4 Å². The van der Waals surface area contributed by atoms with Gasteiger partial charge in [0.25, 0.3) is 0 Å². The molecular weight excluding hydrogens is 438 g/mol. The molecule has 1 heterocycles. The Morgan fingerprint density at radius 3 is 2.47 bits per heavy atom. The first kappa shape index (κ1) is 24.8. The quantitative estimate of drug-likeness (QED) is 0.510. The van der Waals surface area contributed by atoms with Crippen molar-refractivity contribution >= 4 is 41.0 Å². The van der Waals surface area contributed by atoms with E-state index in [4.69, 9.17) is 21.4 Å². The van der Waals surface area contributed by atoms with E-state index < -0.39 is 35.4 Å². The van der Waals surface area contributed by atoms with Crippen LogP contribution >= 0.6 is 11.6 Å². The predicted molar refractivity (Wildman–Crippen MR) is 118 cm³/mol. The second kappa shape index (κ2) is 10.7. The Labute approximate surface area is 190 Å². The number of carboxylic acid groups (broad SMARTS) is 1. The number of rotatable bonds is 8. The molecule has 0 fully saturated rings. The number of carboxylic acids is 1. The van der Waals surface area contributed by atoms with Crippen LogP contribution in [0.3, 0.4) is 0 Å². The third-order valence-corrected chi connectivity index (χ3v) is 4.27. The summed E-state index contributed by atoms with van der Waals surface area (Å²) in [7, 11) is 0. The number of ether oxygens (including phenoxy) is 1. The van der Waals surface area contributed by atoms with E-state index in [1.807, 2.05) is 0 Å². The second-order valence-corrected chi connectivity index (χ2v) is 8.29. The molecule has 0 aliphatic heterocycles. The molecule has 32 heavy (non-hydrogen) atoms. The van der Waals surface area contributed by atoms with Gasteiger partial charge >= 0.3 is 12.1 Å². The first-order chi connectivity index (χ1) is 15.0. The van der Waals surface area contributed by atoms with Crippen LogP contribution in [0.1, 0.15) is 49.7 Å². The van der Waals surface area contributed by atoms with Crippen molar-refractivity contribution < 1.29 is 29.0 Å². The molecule has 2 amide bonds. The molecule has 0 saturated carbocycles. The van der Waals surface area contributed by atoms with Crippen molar-refractivity contribution in [2.75, 3.05) is 5.32 Å². The van der Waals surface area contributed by atoms with Gasteiger partial charge in [-0.05, 0) is 57.5 Å². The lowest BCUT2D eigenvalue weighted by atomic mass is 10.0. The van der Waals surface area contributed by atoms with Crippen LogP contribution in [0.15, 0.2) is 42.6 Å². The number of aliphatic carboxylic acids is 1. The van der Waals surface area contributed by atoms with Crippen LogP contribution in [0.4, 0.5) is 10.5 Å². The van der Waals surface area contributed by atoms with Crippen LogP contribution < -0.4 is 10.6 Å². The summed E-state index contributed by atoms with van der Waals surface area (Å²) >= 11 is 6.04. The number of nitrogens with one attached hydrogen (secondary N) is 2. The summed E-state index contributed by atoms with van der Waals surface area (Å²) in [6.07, 6.45) is 0.0398. The minimum atomic E-state index is -1.21. The monoisotopic (exact) mass is 461 g/mol. The Morgan fingerprint density at radius 1 is 1.16 bits per heavy atom. The van der Waals surface area contributed by atoms with Crippen molar-refractivity contribution in [3.63, 3.8) is 0 Å². The highest BCUT2D eigenvalue weighted by Crippen LogP contribution is 2.24. The van der Waals surface area contributed by atoms with E-state index in [2.05, 4.69) is 15.6 Å². The number of carbonyl (C=O) groups excluding carboxylic acids is 3. The summed E-state index contributed by atoms with van der Waals surface area (Å²) in [6.45, 7) is 4.96. The Morgan fingerprint density at radius 2 is 1.88 bits per heavy atom. The molecule has 9 nitrogen and oxygen atoms in total. The minimum absolute atomic E-state index is 0.0961. The summed E-state index contributed by atoms with van der Waals surface area (Å²) in [5, 5.41) is 14.2. The van der Waals surface area contributed by atoms with Crippen molar-refractivity contribution in [1.29, 1.82) is 0 Å². The van der Waals surface area contributed by atoms with Gasteiger partial charge in [-0.15, -0.1) is 0 Å². The first-order valence-corrected chi connectivity index (χ1v) is 10.1. The number of nitrogens with zero attached hydrogens (tertiary/aromatic N) is 1. The van der Waals surface area contributed by atoms with E-state index >= 15 is 0 Å². The molecule has 2 rings (SSSR count).